The second-order valence-electron chi connectivity index (χ2n) is 5.10. The number of hydrogen-bond donors (Lipinski definition) is 1. The Morgan fingerprint density at radius 3 is 2.89 bits per heavy atom. The summed E-state index contributed by atoms with van der Waals surface area (Å²) in [4.78, 5) is 12.0. The van der Waals surface area contributed by atoms with Gasteiger partial charge < -0.3 is 10.1 Å². The molecule has 0 saturated heterocycles. The molecular weight excluding hydrogens is 238 g/mol. The molecule has 2 rings (SSSR count). The minimum atomic E-state index is -0.133. The van der Waals surface area contributed by atoms with Crippen molar-refractivity contribution in [2.45, 2.75) is 44.9 Å². The number of anilines is 1. The number of ether oxygens (including phenoxy) is 1. The number of fused-ring (bicyclic) bond motifs is 1. The fourth-order valence-corrected chi connectivity index (χ4v) is 2.47. The number of carbonyl (C=O) groups excluding carboxylic acids is 1. The Balaban J connectivity index is 1.73. The van der Waals surface area contributed by atoms with E-state index in [1.54, 1.807) is 0 Å². The van der Waals surface area contributed by atoms with Crippen LogP contribution in [-0.2, 0) is 9.53 Å². The van der Waals surface area contributed by atoms with Gasteiger partial charge in [0.1, 0.15) is 5.92 Å². The molecule has 3 nitrogen and oxygen atoms in total. The monoisotopic (exact) mass is 261 g/mol. The van der Waals surface area contributed by atoms with Crippen molar-refractivity contribution in [3.05, 3.63) is 29.8 Å². The molecule has 3 heteroatoms. The van der Waals surface area contributed by atoms with Gasteiger partial charge in [-0.1, -0.05) is 50.8 Å². The first-order valence-electron chi connectivity index (χ1n) is 7.32. The average Bonchev–Trinajstić information content (AvgIpc) is 2.86. The fourth-order valence-electron chi connectivity index (χ4n) is 2.47. The van der Waals surface area contributed by atoms with Crippen LogP contribution in [0, 0.1) is 0 Å². The highest BCUT2D eigenvalue weighted by Crippen LogP contribution is 2.31. The smallest absolute Gasteiger partial charge is 0.315 e. The Kier molecular flexibility index (Phi) is 5.25. The molecule has 1 aliphatic rings. The summed E-state index contributed by atoms with van der Waals surface area (Å²) in [5.41, 5.74) is 2.13. The maximum absolute atomic E-state index is 12.0. The molecule has 0 aromatic heterocycles. The second kappa shape index (κ2) is 7.17. The van der Waals surface area contributed by atoms with Gasteiger partial charge >= 0.3 is 5.97 Å². The van der Waals surface area contributed by atoms with Gasteiger partial charge in [-0.25, -0.2) is 0 Å². The highest BCUT2D eigenvalue weighted by molar-refractivity contribution is 5.83. The molecule has 0 bridgehead atoms. The van der Waals surface area contributed by atoms with Gasteiger partial charge in [0.15, 0.2) is 0 Å². The van der Waals surface area contributed by atoms with E-state index in [1.165, 1.54) is 19.3 Å². The van der Waals surface area contributed by atoms with E-state index >= 15 is 0 Å². The van der Waals surface area contributed by atoms with Gasteiger partial charge in [-0.2, -0.15) is 0 Å². The van der Waals surface area contributed by atoms with Crippen molar-refractivity contribution >= 4 is 11.7 Å². The number of esters is 1. The van der Waals surface area contributed by atoms with E-state index in [9.17, 15) is 4.79 Å². The molecule has 1 N–H and O–H groups in total. The highest BCUT2D eigenvalue weighted by Gasteiger charge is 2.29. The number of nitrogens with one attached hydrogen (secondary N) is 1. The van der Waals surface area contributed by atoms with E-state index in [1.807, 2.05) is 24.3 Å². The molecule has 0 aliphatic carbocycles. The number of hydrogen-bond acceptors (Lipinski definition) is 3. The van der Waals surface area contributed by atoms with Gasteiger partial charge in [0.25, 0.3) is 0 Å². The third-order valence-corrected chi connectivity index (χ3v) is 3.61. The van der Waals surface area contributed by atoms with Crippen LogP contribution in [0.15, 0.2) is 24.3 Å². The molecule has 0 amide bonds. The second-order valence-corrected chi connectivity index (χ2v) is 5.10. The van der Waals surface area contributed by atoms with E-state index in [0.29, 0.717) is 13.2 Å². The summed E-state index contributed by atoms with van der Waals surface area (Å²) in [6, 6.07) is 7.96. The first-order chi connectivity index (χ1) is 9.33. The summed E-state index contributed by atoms with van der Waals surface area (Å²) in [5, 5.41) is 3.25. The Bertz CT molecular complexity index is 417. The predicted molar refractivity (Wildman–Crippen MR) is 77.4 cm³/mol. The Hall–Kier alpha value is -1.51. The maximum Gasteiger partial charge on any atom is 0.315 e. The summed E-state index contributed by atoms with van der Waals surface area (Å²) in [6.45, 7) is 3.42. The van der Waals surface area contributed by atoms with Crippen LogP contribution in [0.1, 0.15) is 50.5 Å². The molecule has 1 aliphatic heterocycles. The molecule has 1 aromatic carbocycles. The minimum Gasteiger partial charge on any atom is -0.465 e. The zero-order valence-corrected chi connectivity index (χ0v) is 11.7. The Morgan fingerprint density at radius 2 is 2.05 bits per heavy atom. The van der Waals surface area contributed by atoms with E-state index in [0.717, 1.165) is 24.1 Å². The highest BCUT2D eigenvalue weighted by atomic mass is 16.5. The van der Waals surface area contributed by atoms with Crippen molar-refractivity contribution in [3.63, 3.8) is 0 Å². The lowest BCUT2D eigenvalue weighted by Gasteiger charge is -2.10. The summed E-state index contributed by atoms with van der Waals surface area (Å²) < 4.78 is 5.38. The number of carbonyl (C=O) groups is 1. The van der Waals surface area contributed by atoms with E-state index < -0.39 is 0 Å². The lowest BCUT2D eigenvalue weighted by molar-refractivity contribution is -0.145. The quantitative estimate of drug-likeness (QED) is 0.600. The molecule has 1 atom stereocenters. The first-order valence-corrected chi connectivity index (χ1v) is 7.32. The number of unbranched alkanes of at least 4 members (excludes halogenated alkanes) is 4. The first kappa shape index (κ1) is 13.9. The molecule has 0 fully saturated rings. The van der Waals surface area contributed by atoms with Crippen LogP contribution < -0.4 is 5.32 Å². The van der Waals surface area contributed by atoms with Crippen LogP contribution in [0.3, 0.4) is 0 Å². The van der Waals surface area contributed by atoms with Gasteiger partial charge in [-0.15, -0.1) is 0 Å². The predicted octanol–water partition coefficient (Wildman–Crippen LogP) is 3.71. The molecule has 0 spiro atoms. The summed E-state index contributed by atoms with van der Waals surface area (Å²) >= 11 is 0. The average molecular weight is 261 g/mol. The van der Waals surface area contributed by atoms with E-state index in [-0.39, 0.29) is 11.9 Å². The maximum atomic E-state index is 12.0. The zero-order valence-electron chi connectivity index (χ0n) is 11.7. The lowest BCUT2D eigenvalue weighted by Crippen LogP contribution is -2.18. The van der Waals surface area contributed by atoms with Crippen LogP contribution in [0.5, 0.6) is 0 Å². The van der Waals surface area contributed by atoms with Crippen LogP contribution >= 0.6 is 0 Å². The normalized spacial score (nSPS) is 16.8. The molecule has 19 heavy (non-hydrogen) atoms. The standard InChI is InChI=1S/C16H23NO2/c1-2-3-4-5-8-11-19-16(18)14-12-17-15-10-7-6-9-13(14)15/h6-7,9-10,14,17H,2-5,8,11-12H2,1H3. The van der Waals surface area contributed by atoms with Gasteiger partial charge in [0.05, 0.1) is 6.61 Å². The number of benzene rings is 1. The van der Waals surface area contributed by atoms with E-state index in [2.05, 4.69) is 12.2 Å². The molecular formula is C16H23NO2. The molecule has 1 heterocycles. The molecule has 0 saturated carbocycles. The van der Waals surface area contributed by atoms with Gasteiger partial charge in [0, 0.05) is 12.2 Å². The van der Waals surface area contributed by atoms with Crippen LogP contribution in [0.2, 0.25) is 0 Å². The van der Waals surface area contributed by atoms with Crippen molar-refractivity contribution < 1.29 is 9.53 Å². The molecule has 1 aromatic rings. The Morgan fingerprint density at radius 1 is 1.26 bits per heavy atom. The number of para-hydroxylation sites is 1. The number of rotatable bonds is 7. The third kappa shape index (κ3) is 3.72. The van der Waals surface area contributed by atoms with Gasteiger partial charge in [-0.3, -0.25) is 4.79 Å². The summed E-state index contributed by atoms with van der Waals surface area (Å²) in [7, 11) is 0. The fraction of sp³-hybridized carbons (Fsp3) is 0.562. The third-order valence-electron chi connectivity index (χ3n) is 3.61. The molecule has 1 unspecified atom stereocenters. The largest absolute Gasteiger partial charge is 0.465 e. The van der Waals surface area contributed by atoms with Crippen molar-refractivity contribution in [2.24, 2.45) is 0 Å². The topological polar surface area (TPSA) is 38.3 Å². The molecule has 0 radical (unpaired) electrons. The van der Waals surface area contributed by atoms with Crippen LogP contribution in [-0.4, -0.2) is 19.1 Å². The van der Waals surface area contributed by atoms with Crippen LogP contribution in [0.4, 0.5) is 5.69 Å². The molecule has 104 valence electrons. The van der Waals surface area contributed by atoms with E-state index in [4.69, 9.17) is 4.74 Å². The van der Waals surface area contributed by atoms with Crippen LogP contribution in [0.25, 0.3) is 0 Å². The van der Waals surface area contributed by atoms with Crippen molar-refractivity contribution in [3.8, 4) is 0 Å². The van der Waals surface area contributed by atoms with Gasteiger partial charge in [-0.05, 0) is 18.1 Å². The SMILES string of the molecule is CCCCCCCOC(=O)C1CNc2ccccc21. The van der Waals surface area contributed by atoms with Gasteiger partial charge in [0.2, 0.25) is 0 Å². The van der Waals surface area contributed by atoms with Crippen molar-refractivity contribution in [1.29, 1.82) is 0 Å². The van der Waals surface area contributed by atoms with Crippen molar-refractivity contribution in [1.82, 2.24) is 0 Å². The Labute approximate surface area is 115 Å². The minimum absolute atomic E-state index is 0.0899. The summed E-state index contributed by atoms with van der Waals surface area (Å²) in [5.74, 6) is -0.222. The summed E-state index contributed by atoms with van der Waals surface area (Å²) in [6.07, 6.45) is 5.88. The lowest BCUT2D eigenvalue weighted by atomic mass is 10.0. The zero-order chi connectivity index (χ0) is 13.5. The van der Waals surface area contributed by atoms with Crippen molar-refractivity contribution in [2.75, 3.05) is 18.5 Å².